The Kier molecular flexibility index (Phi) is 5.14. The minimum Gasteiger partial charge on any atom is -0.479 e. The molecule has 1 aliphatic rings. The summed E-state index contributed by atoms with van der Waals surface area (Å²) >= 11 is 0. The van der Waals surface area contributed by atoms with E-state index < -0.39 is 12.1 Å². The number of carboxylic acid groups (broad SMARTS) is 1. The molecule has 2 rings (SSSR count). The Hall–Kier alpha value is -2.11. The number of nitrogens with zero attached hydrogens (tertiary/aromatic N) is 2. The van der Waals surface area contributed by atoms with Gasteiger partial charge in [-0.2, -0.15) is 0 Å². The molecule has 1 saturated heterocycles. The van der Waals surface area contributed by atoms with Crippen LogP contribution in [0, 0.1) is 0 Å². The number of aromatic nitrogens is 1. The zero-order chi connectivity index (χ0) is 15.2. The summed E-state index contributed by atoms with van der Waals surface area (Å²) in [5, 5.41) is 8.92. The summed E-state index contributed by atoms with van der Waals surface area (Å²) in [6.45, 7) is 3.21. The van der Waals surface area contributed by atoms with Crippen molar-refractivity contribution in [2.24, 2.45) is 0 Å². The van der Waals surface area contributed by atoms with E-state index in [4.69, 9.17) is 9.84 Å². The molecule has 0 aliphatic carbocycles. The number of likely N-dealkylation sites (tertiary alicyclic amines) is 1. The maximum Gasteiger partial charge on any atom is 0.337 e. The molecule has 6 heteroatoms. The highest BCUT2D eigenvalue weighted by atomic mass is 16.5. The van der Waals surface area contributed by atoms with E-state index in [9.17, 15) is 9.59 Å². The zero-order valence-corrected chi connectivity index (χ0v) is 12.1. The van der Waals surface area contributed by atoms with Gasteiger partial charge < -0.3 is 14.7 Å². The first-order valence-electron chi connectivity index (χ1n) is 7.21. The second-order valence-corrected chi connectivity index (χ2v) is 5.21. The third kappa shape index (κ3) is 4.18. The quantitative estimate of drug-likeness (QED) is 0.917. The minimum absolute atomic E-state index is 0.0434. The molecular weight excluding hydrogens is 272 g/mol. The topological polar surface area (TPSA) is 79.7 Å². The number of amides is 1. The maximum atomic E-state index is 12.3. The molecule has 1 aliphatic heterocycles. The Morgan fingerprint density at radius 2 is 1.90 bits per heavy atom. The van der Waals surface area contributed by atoms with E-state index in [1.54, 1.807) is 6.92 Å². The van der Waals surface area contributed by atoms with E-state index in [2.05, 4.69) is 4.98 Å². The largest absolute Gasteiger partial charge is 0.479 e. The Labute approximate surface area is 123 Å². The normalized spacial score (nSPS) is 16.9. The molecule has 1 fully saturated rings. The highest BCUT2D eigenvalue weighted by Crippen LogP contribution is 2.16. The van der Waals surface area contributed by atoms with Gasteiger partial charge in [0.05, 0.1) is 11.8 Å². The number of carbonyl (C=O) groups excluding carboxylic acids is 1. The molecule has 0 spiro atoms. The summed E-state index contributed by atoms with van der Waals surface area (Å²) in [6.07, 6.45) is 6.37. The summed E-state index contributed by atoms with van der Waals surface area (Å²) in [7, 11) is 0. The minimum atomic E-state index is -1.07. The number of carboxylic acids is 1. The fraction of sp³-hybridized carbons (Fsp3) is 0.533. The highest BCUT2D eigenvalue weighted by Gasteiger charge is 2.23. The van der Waals surface area contributed by atoms with Gasteiger partial charge >= 0.3 is 5.97 Å². The van der Waals surface area contributed by atoms with Crippen molar-refractivity contribution in [1.29, 1.82) is 0 Å². The van der Waals surface area contributed by atoms with Crippen LogP contribution in [-0.4, -0.2) is 46.1 Å². The van der Waals surface area contributed by atoms with Gasteiger partial charge in [-0.3, -0.25) is 9.78 Å². The first-order valence-corrected chi connectivity index (χ1v) is 7.21. The molecule has 1 atom stereocenters. The SMILES string of the molecule is CC(Oc1cncc(C(=O)O)c1)C(=O)N1CCCCCC1. The Morgan fingerprint density at radius 1 is 1.24 bits per heavy atom. The molecule has 1 N–H and O–H groups in total. The third-order valence-electron chi connectivity index (χ3n) is 3.54. The number of hydrogen-bond donors (Lipinski definition) is 1. The van der Waals surface area contributed by atoms with Crippen LogP contribution < -0.4 is 4.74 Å². The van der Waals surface area contributed by atoms with Crippen molar-refractivity contribution in [2.75, 3.05) is 13.1 Å². The van der Waals surface area contributed by atoms with Gasteiger partial charge in [-0.25, -0.2) is 4.79 Å². The van der Waals surface area contributed by atoms with Gasteiger partial charge in [-0.1, -0.05) is 12.8 Å². The molecule has 0 bridgehead atoms. The molecule has 1 aromatic rings. The van der Waals surface area contributed by atoms with E-state index in [1.807, 2.05) is 4.90 Å². The van der Waals surface area contributed by atoms with Gasteiger partial charge in [-0.05, 0) is 25.8 Å². The van der Waals surface area contributed by atoms with Crippen LogP contribution in [0.3, 0.4) is 0 Å². The van der Waals surface area contributed by atoms with Gasteiger partial charge in [0, 0.05) is 19.3 Å². The second-order valence-electron chi connectivity index (χ2n) is 5.21. The number of aromatic carboxylic acids is 1. The Balaban J connectivity index is 1.99. The van der Waals surface area contributed by atoms with E-state index in [0.29, 0.717) is 5.75 Å². The average Bonchev–Trinajstić information content (AvgIpc) is 2.75. The highest BCUT2D eigenvalue weighted by molar-refractivity contribution is 5.87. The molecule has 21 heavy (non-hydrogen) atoms. The summed E-state index contributed by atoms with van der Waals surface area (Å²) in [5.74, 6) is -0.831. The van der Waals surface area contributed by atoms with Crippen LogP contribution in [0.4, 0.5) is 0 Å². The molecule has 1 amide bonds. The van der Waals surface area contributed by atoms with Crippen LogP contribution in [0.1, 0.15) is 43.0 Å². The van der Waals surface area contributed by atoms with Crippen LogP contribution in [-0.2, 0) is 4.79 Å². The van der Waals surface area contributed by atoms with Crippen LogP contribution in [0.5, 0.6) is 5.75 Å². The monoisotopic (exact) mass is 292 g/mol. The lowest BCUT2D eigenvalue weighted by Gasteiger charge is -2.24. The molecule has 114 valence electrons. The lowest BCUT2D eigenvalue weighted by Crippen LogP contribution is -2.41. The van der Waals surface area contributed by atoms with Gasteiger partial charge in [0.1, 0.15) is 5.75 Å². The summed E-state index contributed by atoms with van der Waals surface area (Å²) in [4.78, 5) is 28.9. The van der Waals surface area contributed by atoms with Crippen molar-refractivity contribution in [3.05, 3.63) is 24.0 Å². The Morgan fingerprint density at radius 3 is 2.52 bits per heavy atom. The maximum absolute atomic E-state index is 12.3. The third-order valence-corrected chi connectivity index (χ3v) is 3.54. The molecular formula is C15H20N2O4. The van der Waals surface area contributed by atoms with Crippen molar-refractivity contribution in [2.45, 2.75) is 38.7 Å². The smallest absolute Gasteiger partial charge is 0.337 e. The van der Waals surface area contributed by atoms with Crippen molar-refractivity contribution in [3.8, 4) is 5.75 Å². The van der Waals surface area contributed by atoms with Crippen LogP contribution in [0.2, 0.25) is 0 Å². The zero-order valence-electron chi connectivity index (χ0n) is 12.1. The van der Waals surface area contributed by atoms with Gasteiger partial charge in [-0.15, -0.1) is 0 Å². The molecule has 0 radical (unpaired) electrons. The molecule has 6 nitrogen and oxygen atoms in total. The summed E-state index contributed by atoms with van der Waals surface area (Å²) < 4.78 is 5.54. The Bertz CT molecular complexity index is 510. The van der Waals surface area contributed by atoms with E-state index in [1.165, 1.54) is 18.5 Å². The standard InChI is InChI=1S/C15H20N2O4/c1-11(14(18)17-6-4-2-3-5-7-17)21-13-8-12(15(19)20)9-16-10-13/h8-11H,2-7H2,1H3,(H,19,20). The lowest BCUT2D eigenvalue weighted by atomic mass is 10.2. The summed E-state index contributed by atoms with van der Waals surface area (Å²) in [6, 6.07) is 1.38. The fourth-order valence-corrected chi connectivity index (χ4v) is 2.40. The predicted octanol–water partition coefficient (Wildman–Crippen LogP) is 1.95. The van der Waals surface area contributed by atoms with Crippen LogP contribution >= 0.6 is 0 Å². The number of carbonyl (C=O) groups is 2. The van der Waals surface area contributed by atoms with E-state index in [-0.39, 0.29) is 11.5 Å². The molecule has 1 unspecified atom stereocenters. The lowest BCUT2D eigenvalue weighted by molar-refractivity contribution is -0.137. The van der Waals surface area contributed by atoms with Crippen LogP contribution in [0.15, 0.2) is 18.5 Å². The van der Waals surface area contributed by atoms with Crippen molar-refractivity contribution < 1.29 is 19.4 Å². The number of hydrogen-bond acceptors (Lipinski definition) is 4. The molecule has 2 heterocycles. The van der Waals surface area contributed by atoms with Gasteiger partial charge in [0.2, 0.25) is 0 Å². The molecule has 1 aromatic heterocycles. The van der Waals surface area contributed by atoms with Crippen LogP contribution in [0.25, 0.3) is 0 Å². The van der Waals surface area contributed by atoms with Crippen molar-refractivity contribution in [1.82, 2.24) is 9.88 Å². The number of pyridine rings is 1. The number of ether oxygens (including phenoxy) is 1. The van der Waals surface area contributed by atoms with E-state index in [0.717, 1.165) is 38.8 Å². The molecule has 0 aromatic carbocycles. The predicted molar refractivity (Wildman–Crippen MR) is 76.3 cm³/mol. The second kappa shape index (κ2) is 7.06. The van der Waals surface area contributed by atoms with E-state index >= 15 is 0 Å². The van der Waals surface area contributed by atoms with Gasteiger partial charge in [0.15, 0.2) is 6.10 Å². The van der Waals surface area contributed by atoms with Crippen molar-refractivity contribution in [3.63, 3.8) is 0 Å². The average molecular weight is 292 g/mol. The van der Waals surface area contributed by atoms with Crippen molar-refractivity contribution >= 4 is 11.9 Å². The first kappa shape index (κ1) is 15.3. The summed E-state index contributed by atoms with van der Waals surface area (Å²) in [5.41, 5.74) is 0.0434. The van der Waals surface area contributed by atoms with Gasteiger partial charge in [0.25, 0.3) is 5.91 Å². The molecule has 0 saturated carbocycles. The first-order chi connectivity index (χ1) is 10.1. The fourth-order valence-electron chi connectivity index (χ4n) is 2.40. The number of rotatable bonds is 4.